The first-order valence-corrected chi connectivity index (χ1v) is 12.7. The second-order valence-electron chi connectivity index (χ2n) is 7.19. The van der Waals surface area contributed by atoms with Gasteiger partial charge in [-0.05, 0) is 35.5 Å². The predicted octanol–water partition coefficient (Wildman–Crippen LogP) is 7.88. The maximum Gasteiger partial charge on any atom is 0.135 e. The molecule has 2 rings (SSSR count). The molecule has 0 N–H and O–H groups in total. The zero-order valence-electron chi connectivity index (χ0n) is 17.3. The Hall–Kier alpha value is -1.19. The maximum absolute atomic E-state index is 13.0. The average molecular weight is 415 g/mol. The van der Waals surface area contributed by atoms with Gasteiger partial charge in [-0.3, -0.25) is 4.79 Å². The number of Topliss-reactive ketones (excluding diaryl/α,β-unsaturated/α-hetero) is 1. The second-order valence-corrected chi connectivity index (χ2v) is 9.82. The SMILES string of the molecule is CCCCSC(CC(=O)CC(SCCCC)c1ccccc1)c1ccccc1. The molecule has 1 nitrogen and oxygen atoms in total. The van der Waals surface area contributed by atoms with Crippen LogP contribution in [-0.4, -0.2) is 17.3 Å². The number of hydrogen-bond donors (Lipinski definition) is 0. The van der Waals surface area contributed by atoms with Crippen molar-refractivity contribution in [3.05, 3.63) is 71.8 Å². The molecule has 2 aromatic carbocycles. The predicted molar refractivity (Wildman–Crippen MR) is 127 cm³/mol. The summed E-state index contributed by atoms with van der Waals surface area (Å²) in [5.74, 6) is 2.63. The third kappa shape index (κ3) is 8.45. The third-order valence-electron chi connectivity index (χ3n) is 4.80. The zero-order chi connectivity index (χ0) is 20.0. The summed E-state index contributed by atoms with van der Waals surface area (Å²) in [6.45, 7) is 4.45. The highest BCUT2D eigenvalue weighted by atomic mass is 32.2. The van der Waals surface area contributed by atoms with Crippen LogP contribution in [-0.2, 0) is 4.79 Å². The Morgan fingerprint density at radius 2 is 1.11 bits per heavy atom. The number of thioether (sulfide) groups is 2. The fraction of sp³-hybridized carbons (Fsp3) is 0.480. The van der Waals surface area contributed by atoms with Crippen molar-refractivity contribution in [3.63, 3.8) is 0 Å². The Bertz CT molecular complexity index is 599. The lowest BCUT2D eigenvalue weighted by Crippen LogP contribution is -2.09. The highest BCUT2D eigenvalue weighted by molar-refractivity contribution is 7.99. The minimum Gasteiger partial charge on any atom is -0.300 e. The van der Waals surface area contributed by atoms with Crippen LogP contribution in [0, 0.1) is 0 Å². The largest absolute Gasteiger partial charge is 0.300 e. The summed E-state index contributed by atoms with van der Waals surface area (Å²) >= 11 is 3.89. The molecule has 0 aliphatic heterocycles. The van der Waals surface area contributed by atoms with Gasteiger partial charge < -0.3 is 0 Å². The lowest BCUT2D eigenvalue weighted by Gasteiger charge is -2.20. The highest BCUT2D eigenvalue weighted by Gasteiger charge is 2.21. The Morgan fingerprint density at radius 1 is 0.714 bits per heavy atom. The molecule has 0 saturated heterocycles. The molecule has 2 aromatic rings. The minimum atomic E-state index is 0.275. The van der Waals surface area contributed by atoms with Crippen molar-refractivity contribution in [2.45, 2.75) is 62.9 Å². The molecule has 28 heavy (non-hydrogen) atoms. The van der Waals surface area contributed by atoms with E-state index in [1.165, 1.54) is 36.8 Å². The minimum absolute atomic E-state index is 0.275. The topological polar surface area (TPSA) is 17.1 Å². The molecular weight excluding hydrogens is 380 g/mol. The monoisotopic (exact) mass is 414 g/mol. The number of carbonyl (C=O) groups is 1. The number of carbonyl (C=O) groups excluding carboxylic acids is 1. The summed E-state index contributed by atoms with van der Waals surface area (Å²) in [7, 11) is 0. The van der Waals surface area contributed by atoms with Crippen LogP contribution in [0.25, 0.3) is 0 Å². The lowest BCUT2D eigenvalue weighted by molar-refractivity contribution is -0.119. The van der Waals surface area contributed by atoms with Crippen molar-refractivity contribution in [1.29, 1.82) is 0 Å². The van der Waals surface area contributed by atoms with Gasteiger partial charge in [-0.1, -0.05) is 87.4 Å². The molecule has 0 spiro atoms. The van der Waals surface area contributed by atoms with E-state index in [4.69, 9.17) is 0 Å². The standard InChI is InChI=1S/C25H34OS2/c1-3-5-17-27-24(21-13-9-7-10-14-21)19-23(26)20-25(28-18-6-4-2)22-15-11-8-12-16-22/h7-16,24-25H,3-6,17-20H2,1-2H3. The molecule has 0 heterocycles. The van der Waals surface area contributed by atoms with Gasteiger partial charge in [0, 0.05) is 23.3 Å². The van der Waals surface area contributed by atoms with Gasteiger partial charge in [-0.15, -0.1) is 0 Å². The van der Waals surface area contributed by atoms with E-state index in [1.807, 2.05) is 23.5 Å². The van der Waals surface area contributed by atoms with Crippen LogP contribution in [0.3, 0.4) is 0 Å². The fourth-order valence-corrected chi connectivity index (χ4v) is 5.90. The van der Waals surface area contributed by atoms with Crippen LogP contribution in [0.15, 0.2) is 60.7 Å². The molecule has 2 unspecified atom stereocenters. The molecule has 2 atom stereocenters. The first-order chi connectivity index (χ1) is 13.7. The Labute approximate surface area is 180 Å². The van der Waals surface area contributed by atoms with Crippen LogP contribution in [0.2, 0.25) is 0 Å². The quantitative estimate of drug-likeness (QED) is 0.293. The van der Waals surface area contributed by atoms with Gasteiger partial charge in [-0.2, -0.15) is 23.5 Å². The molecule has 3 heteroatoms. The summed E-state index contributed by atoms with van der Waals surface area (Å²) in [6, 6.07) is 21.1. The van der Waals surface area contributed by atoms with E-state index < -0.39 is 0 Å². The van der Waals surface area contributed by atoms with Crippen LogP contribution < -0.4 is 0 Å². The molecule has 0 bridgehead atoms. The summed E-state index contributed by atoms with van der Waals surface area (Å²) in [6.07, 6.45) is 6.09. The molecule has 0 saturated carbocycles. The smallest absolute Gasteiger partial charge is 0.135 e. The number of hydrogen-bond acceptors (Lipinski definition) is 3. The maximum atomic E-state index is 13.0. The molecule has 0 radical (unpaired) electrons. The molecule has 0 aromatic heterocycles. The average Bonchev–Trinajstić information content (AvgIpc) is 2.74. The zero-order valence-corrected chi connectivity index (χ0v) is 18.9. The molecule has 0 fully saturated rings. The Morgan fingerprint density at radius 3 is 1.46 bits per heavy atom. The second kappa shape index (κ2) is 13.9. The van der Waals surface area contributed by atoms with E-state index in [0.717, 1.165) is 11.5 Å². The van der Waals surface area contributed by atoms with E-state index in [-0.39, 0.29) is 10.5 Å². The Balaban J connectivity index is 2.02. The summed E-state index contributed by atoms with van der Waals surface area (Å²) in [5.41, 5.74) is 2.57. The van der Waals surface area contributed by atoms with Gasteiger partial charge >= 0.3 is 0 Å². The van der Waals surface area contributed by atoms with Gasteiger partial charge in [0.1, 0.15) is 5.78 Å². The van der Waals surface area contributed by atoms with Gasteiger partial charge in [0.05, 0.1) is 0 Å². The highest BCUT2D eigenvalue weighted by Crippen LogP contribution is 2.37. The van der Waals surface area contributed by atoms with Gasteiger partial charge in [0.15, 0.2) is 0 Å². The van der Waals surface area contributed by atoms with Crippen molar-refractivity contribution >= 4 is 29.3 Å². The Kier molecular flexibility index (Phi) is 11.5. The van der Waals surface area contributed by atoms with Crippen LogP contribution in [0.5, 0.6) is 0 Å². The van der Waals surface area contributed by atoms with Gasteiger partial charge in [0.2, 0.25) is 0 Å². The first-order valence-electron chi connectivity index (χ1n) is 10.6. The van der Waals surface area contributed by atoms with Crippen LogP contribution in [0.4, 0.5) is 0 Å². The van der Waals surface area contributed by atoms with Crippen molar-refractivity contribution in [2.75, 3.05) is 11.5 Å². The molecule has 152 valence electrons. The van der Waals surface area contributed by atoms with E-state index >= 15 is 0 Å². The van der Waals surface area contributed by atoms with E-state index in [1.54, 1.807) is 0 Å². The van der Waals surface area contributed by atoms with Gasteiger partial charge in [0.25, 0.3) is 0 Å². The summed E-state index contributed by atoms with van der Waals surface area (Å²) in [4.78, 5) is 13.0. The molecular formula is C25H34OS2. The van der Waals surface area contributed by atoms with Crippen molar-refractivity contribution < 1.29 is 4.79 Å². The first kappa shape index (κ1) is 23.1. The summed E-state index contributed by atoms with van der Waals surface area (Å²) in [5, 5.41) is 0.551. The van der Waals surface area contributed by atoms with E-state index in [0.29, 0.717) is 18.6 Å². The van der Waals surface area contributed by atoms with Crippen molar-refractivity contribution in [1.82, 2.24) is 0 Å². The van der Waals surface area contributed by atoms with E-state index in [2.05, 4.69) is 74.5 Å². The number of ketones is 1. The lowest BCUT2D eigenvalue weighted by atomic mass is 10.0. The fourth-order valence-electron chi connectivity index (χ4n) is 3.12. The van der Waals surface area contributed by atoms with Crippen LogP contribution in [0.1, 0.15) is 74.0 Å². The van der Waals surface area contributed by atoms with Crippen molar-refractivity contribution in [2.24, 2.45) is 0 Å². The molecule has 0 aliphatic carbocycles. The van der Waals surface area contributed by atoms with Gasteiger partial charge in [-0.25, -0.2) is 0 Å². The van der Waals surface area contributed by atoms with Crippen molar-refractivity contribution in [3.8, 4) is 0 Å². The van der Waals surface area contributed by atoms with E-state index in [9.17, 15) is 4.79 Å². The number of rotatable bonds is 14. The molecule has 0 aliphatic rings. The number of unbranched alkanes of at least 4 members (excludes halogenated alkanes) is 2. The third-order valence-corrected chi connectivity index (χ3v) is 7.53. The number of benzene rings is 2. The van der Waals surface area contributed by atoms with Crippen LogP contribution >= 0.6 is 23.5 Å². The summed E-state index contributed by atoms with van der Waals surface area (Å²) < 4.78 is 0. The normalized spacial score (nSPS) is 13.2. The molecule has 0 amide bonds.